The van der Waals surface area contributed by atoms with Crippen LogP contribution in [0, 0.1) is 5.41 Å². The van der Waals surface area contributed by atoms with E-state index in [9.17, 15) is 5.11 Å². The smallest absolute Gasteiger partial charge is 0.191 e. The number of hydrogen-bond acceptors (Lipinski definition) is 3. The molecule has 0 saturated carbocycles. The topological polar surface area (TPSA) is 65.9 Å². The molecule has 2 rings (SSSR count). The van der Waals surface area contributed by atoms with Gasteiger partial charge in [0.25, 0.3) is 0 Å². The maximum atomic E-state index is 9.26. The van der Waals surface area contributed by atoms with Crippen molar-refractivity contribution < 1.29 is 9.84 Å². The minimum absolute atomic E-state index is 0.0160. The number of rotatable bonds is 6. The summed E-state index contributed by atoms with van der Waals surface area (Å²) in [5, 5.41) is 15.9. The van der Waals surface area contributed by atoms with Crippen molar-refractivity contribution >= 4 is 21.9 Å². The predicted octanol–water partition coefficient (Wildman–Crippen LogP) is 1.90. The molecule has 1 aliphatic rings. The summed E-state index contributed by atoms with van der Waals surface area (Å²) in [6, 6.07) is 8.18. The molecule has 1 aromatic rings. The highest BCUT2D eigenvalue weighted by Gasteiger charge is 2.34. The lowest BCUT2D eigenvalue weighted by molar-refractivity contribution is 0.127. The van der Waals surface area contributed by atoms with Crippen LogP contribution in [0.3, 0.4) is 0 Å². The first-order valence-electron chi connectivity index (χ1n) is 7.55. The number of benzene rings is 1. The Kier molecular flexibility index (Phi) is 6.67. The van der Waals surface area contributed by atoms with Gasteiger partial charge in [0.2, 0.25) is 0 Å². The van der Waals surface area contributed by atoms with Gasteiger partial charge in [-0.2, -0.15) is 0 Å². The molecule has 0 aliphatic carbocycles. The van der Waals surface area contributed by atoms with Crippen LogP contribution < -0.4 is 10.6 Å². The Labute approximate surface area is 140 Å². The van der Waals surface area contributed by atoms with Gasteiger partial charge in [-0.05, 0) is 30.5 Å². The number of hydrogen-bond donors (Lipinski definition) is 3. The monoisotopic (exact) mass is 369 g/mol. The zero-order chi connectivity index (χ0) is 15.8. The molecule has 1 atom stereocenters. The Morgan fingerprint density at radius 1 is 1.45 bits per heavy atom. The van der Waals surface area contributed by atoms with Crippen molar-refractivity contribution in [1.29, 1.82) is 0 Å². The van der Waals surface area contributed by atoms with Gasteiger partial charge in [-0.3, -0.25) is 4.99 Å². The predicted molar refractivity (Wildman–Crippen MR) is 91.9 cm³/mol. The fourth-order valence-corrected chi connectivity index (χ4v) is 3.08. The maximum absolute atomic E-state index is 9.26. The van der Waals surface area contributed by atoms with E-state index in [0.29, 0.717) is 13.2 Å². The van der Waals surface area contributed by atoms with Crippen LogP contribution in [0.15, 0.2) is 33.7 Å². The van der Waals surface area contributed by atoms with Crippen molar-refractivity contribution in [2.24, 2.45) is 10.4 Å². The summed E-state index contributed by atoms with van der Waals surface area (Å²) < 4.78 is 6.57. The fraction of sp³-hybridized carbons (Fsp3) is 0.562. The quantitative estimate of drug-likeness (QED) is 0.529. The summed E-state index contributed by atoms with van der Waals surface area (Å²) in [6.07, 6.45) is 1.73. The van der Waals surface area contributed by atoms with Crippen molar-refractivity contribution in [3.05, 3.63) is 34.3 Å². The van der Waals surface area contributed by atoms with Crippen molar-refractivity contribution in [3.8, 4) is 0 Å². The van der Waals surface area contributed by atoms with E-state index >= 15 is 0 Å². The average Bonchev–Trinajstić information content (AvgIpc) is 2.97. The molecule has 3 N–H and O–H groups in total. The molecule has 5 nitrogen and oxygen atoms in total. The number of guanidine groups is 1. The molecule has 0 radical (unpaired) electrons. The Morgan fingerprint density at radius 3 is 2.95 bits per heavy atom. The van der Waals surface area contributed by atoms with Crippen LogP contribution in [0.2, 0.25) is 0 Å². The summed E-state index contributed by atoms with van der Waals surface area (Å²) in [4.78, 5) is 4.26. The molecule has 1 unspecified atom stereocenters. The Morgan fingerprint density at radius 2 is 2.32 bits per heavy atom. The van der Waals surface area contributed by atoms with Gasteiger partial charge in [0.15, 0.2) is 5.96 Å². The lowest BCUT2D eigenvalue weighted by Gasteiger charge is -2.27. The Hall–Kier alpha value is -1.11. The first kappa shape index (κ1) is 17.2. The number of nitrogens with one attached hydrogen (secondary N) is 2. The van der Waals surface area contributed by atoms with Crippen molar-refractivity contribution in [2.45, 2.75) is 19.4 Å². The van der Waals surface area contributed by atoms with Gasteiger partial charge in [0.1, 0.15) is 0 Å². The van der Waals surface area contributed by atoms with Gasteiger partial charge in [0, 0.05) is 43.2 Å². The Bertz CT molecular complexity index is 502. The first-order chi connectivity index (χ1) is 10.7. The van der Waals surface area contributed by atoms with Crippen LogP contribution in [0.5, 0.6) is 0 Å². The zero-order valence-corrected chi connectivity index (χ0v) is 14.5. The number of aliphatic hydroxyl groups excluding tert-OH is 1. The lowest BCUT2D eigenvalue weighted by atomic mass is 9.84. The molecule has 1 heterocycles. The number of ether oxygens (including phenoxy) is 1. The number of aliphatic imine (C=N–C) groups is 1. The highest BCUT2D eigenvalue weighted by atomic mass is 79.9. The largest absolute Gasteiger partial charge is 0.396 e. The van der Waals surface area contributed by atoms with Crippen molar-refractivity contribution in [1.82, 2.24) is 10.6 Å². The molecular weight excluding hydrogens is 346 g/mol. The summed E-state index contributed by atoms with van der Waals surface area (Å²) in [6.45, 7) is 3.12. The lowest BCUT2D eigenvalue weighted by Crippen LogP contribution is -2.44. The molecule has 6 heteroatoms. The number of aliphatic hydroxyl groups is 1. The fourth-order valence-electron chi connectivity index (χ4n) is 2.64. The number of halogens is 1. The standard InChI is InChI=1S/C16H24BrN3O2/c1-18-15(19-10-13-3-2-4-14(17)9-13)20-11-16(5-7-21)6-8-22-12-16/h2-4,9,21H,5-8,10-12H2,1H3,(H2,18,19,20). The summed E-state index contributed by atoms with van der Waals surface area (Å²) in [5.41, 5.74) is 1.20. The van der Waals surface area contributed by atoms with Crippen LogP contribution in [-0.2, 0) is 11.3 Å². The van der Waals surface area contributed by atoms with Gasteiger partial charge in [-0.15, -0.1) is 0 Å². The van der Waals surface area contributed by atoms with E-state index in [1.54, 1.807) is 7.05 Å². The molecule has 0 aromatic heterocycles. The van der Waals surface area contributed by atoms with Gasteiger partial charge in [-0.25, -0.2) is 0 Å². The normalized spacial score (nSPS) is 21.9. The minimum Gasteiger partial charge on any atom is -0.396 e. The minimum atomic E-state index is 0.0160. The molecule has 0 spiro atoms. The maximum Gasteiger partial charge on any atom is 0.191 e. The third-order valence-electron chi connectivity index (χ3n) is 4.03. The SMILES string of the molecule is CN=C(NCc1cccc(Br)c1)NCC1(CCO)CCOC1. The number of nitrogens with zero attached hydrogens (tertiary/aromatic N) is 1. The average molecular weight is 370 g/mol. The molecule has 1 aliphatic heterocycles. The highest BCUT2D eigenvalue weighted by Crippen LogP contribution is 2.31. The molecule has 0 bridgehead atoms. The van der Waals surface area contributed by atoms with E-state index in [1.807, 2.05) is 12.1 Å². The van der Waals surface area contributed by atoms with E-state index in [1.165, 1.54) is 5.56 Å². The molecule has 22 heavy (non-hydrogen) atoms. The van der Waals surface area contributed by atoms with Crippen molar-refractivity contribution in [3.63, 3.8) is 0 Å². The second kappa shape index (κ2) is 8.50. The van der Waals surface area contributed by atoms with Crippen molar-refractivity contribution in [2.75, 3.05) is 33.4 Å². The van der Waals surface area contributed by atoms with Crippen LogP contribution >= 0.6 is 15.9 Å². The molecule has 1 aromatic carbocycles. The van der Waals surface area contributed by atoms with E-state index in [-0.39, 0.29) is 12.0 Å². The second-order valence-electron chi connectivity index (χ2n) is 5.69. The van der Waals surface area contributed by atoms with E-state index in [4.69, 9.17) is 4.74 Å². The van der Waals surface area contributed by atoms with Crippen LogP contribution in [0.1, 0.15) is 18.4 Å². The van der Waals surface area contributed by atoms with Gasteiger partial charge < -0.3 is 20.5 Å². The summed E-state index contributed by atoms with van der Waals surface area (Å²) in [7, 11) is 1.76. The Balaban J connectivity index is 1.84. The molecule has 1 saturated heterocycles. The molecule has 122 valence electrons. The van der Waals surface area contributed by atoms with Crippen LogP contribution in [0.4, 0.5) is 0 Å². The molecular formula is C16H24BrN3O2. The summed E-state index contributed by atoms with van der Waals surface area (Å²) in [5.74, 6) is 0.768. The van der Waals surface area contributed by atoms with Crippen LogP contribution in [-0.4, -0.2) is 44.5 Å². The third-order valence-corrected chi connectivity index (χ3v) is 4.52. The second-order valence-corrected chi connectivity index (χ2v) is 6.60. The van der Waals surface area contributed by atoms with E-state index in [0.717, 1.165) is 36.4 Å². The third kappa shape index (κ3) is 4.97. The van der Waals surface area contributed by atoms with E-state index < -0.39 is 0 Å². The van der Waals surface area contributed by atoms with Gasteiger partial charge in [-0.1, -0.05) is 28.1 Å². The first-order valence-corrected chi connectivity index (χ1v) is 8.34. The van der Waals surface area contributed by atoms with Gasteiger partial charge in [0.05, 0.1) is 6.61 Å². The highest BCUT2D eigenvalue weighted by molar-refractivity contribution is 9.10. The molecule has 0 amide bonds. The van der Waals surface area contributed by atoms with Gasteiger partial charge >= 0.3 is 0 Å². The zero-order valence-electron chi connectivity index (χ0n) is 12.9. The molecule has 1 fully saturated rings. The summed E-state index contributed by atoms with van der Waals surface area (Å²) >= 11 is 3.47. The van der Waals surface area contributed by atoms with E-state index in [2.05, 4.69) is 43.7 Å². The van der Waals surface area contributed by atoms with Crippen LogP contribution in [0.25, 0.3) is 0 Å².